The highest BCUT2D eigenvalue weighted by atomic mass is 35.5. The summed E-state index contributed by atoms with van der Waals surface area (Å²) in [5, 5.41) is 3.72. The van der Waals surface area contributed by atoms with Crippen molar-refractivity contribution in [3.8, 4) is 0 Å². The number of amides is 2. The van der Waals surface area contributed by atoms with Crippen molar-refractivity contribution in [1.82, 2.24) is 10.2 Å². The summed E-state index contributed by atoms with van der Waals surface area (Å²) >= 11 is 11.8. The SMILES string of the molecule is O=C(OCC(=O)c1ccc(Cl)cc1Cl)c1ccc(N2C(=O)CC(NCCN3CCOCC3)C2=O)cc1. The number of ketones is 1. The van der Waals surface area contributed by atoms with E-state index in [-0.39, 0.29) is 34.4 Å². The van der Waals surface area contributed by atoms with Gasteiger partial charge in [-0.15, -0.1) is 0 Å². The van der Waals surface area contributed by atoms with Gasteiger partial charge in [-0.2, -0.15) is 0 Å². The largest absolute Gasteiger partial charge is 0.454 e. The molecule has 1 unspecified atom stereocenters. The van der Waals surface area contributed by atoms with Crippen LogP contribution in [-0.4, -0.2) is 80.5 Å². The Morgan fingerprint density at radius 2 is 1.78 bits per heavy atom. The van der Waals surface area contributed by atoms with Crippen molar-refractivity contribution in [2.24, 2.45) is 0 Å². The number of morpholine rings is 1. The van der Waals surface area contributed by atoms with Crippen molar-refractivity contribution in [1.29, 1.82) is 0 Å². The zero-order valence-electron chi connectivity index (χ0n) is 19.4. The van der Waals surface area contributed by atoms with Crippen molar-refractivity contribution in [3.63, 3.8) is 0 Å². The Kier molecular flexibility index (Phi) is 8.71. The van der Waals surface area contributed by atoms with Crippen molar-refractivity contribution >= 4 is 52.5 Å². The Morgan fingerprint density at radius 1 is 1.06 bits per heavy atom. The zero-order valence-corrected chi connectivity index (χ0v) is 20.9. The Hall–Kier alpha value is -2.82. The van der Waals surface area contributed by atoms with Crippen LogP contribution in [0.3, 0.4) is 0 Å². The second-order valence-electron chi connectivity index (χ2n) is 8.40. The molecule has 0 aliphatic carbocycles. The second-order valence-corrected chi connectivity index (χ2v) is 9.25. The molecule has 190 valence electrons. The van der Waals surface area contributed by atoms with Gasteiger partial charge in [0.2, 0.25) is 11.7 Å². The van der Waals surface area contributed by atoms with Crippen LogP contribution >= 0.6 is 23.2 Å². The number of nitrogens with zero attached hydrogens (tertiary/aromatic N) is 2. The number of imide groups is 1. The smallest absolute Gasteiger partial charge is 0.338 e. The summed E-state index contributed by atoms with van der Waals surface area (Å²) < 4.78 is 10.4. The van der Waals surface area contributed by atoms with E-state index in [1.807, 2.05) is 0 Å². The van der Waals surface area contributed by atoms with E-state index in [2.05, 4.69) is 10.2 Å². The van der Waals surface area contributed by atoms with Gasteiger partial charge in [0.05, 0.1) is 41.9 Å². The van der Waals surface area contributed by atoms with Crippen LogP contribution in [0.1, 0.15) is 27.1 Å². The number of benzene rings is 2. The normalized spacial score (nSPS) is 18.5. The maximum Gasteiger partial charge on any atom is 0.338 e. The Labute approximate surface area is 218 Å². The number of hydrogen-bond donors (Lipinski definition) is 1. The summed E-state index contributed by atoms with van der Waals surface area (Å²) in [4.78, 5) is 53.4. The second kappa shape index (κ2) is 11.9. The van der Waals surface area contributed by atoms with E-state index in [1.54, 1.807) is 0 Å². The van der Waals surface area contributed by atoms with Gasteiger partial charge in [-0.05, 0) is 42.5 Å². The molecule has 0 saturated carbocycles. The van der Waals surface area contributed by atoms with E-state index >= 15 is 0 Å². The van der Waals surface area contributed by atoms with Gasteiger partial charge in [0.25, 0.3) is 5.91 Å². The van der Waals surface area contributed by atoms with E-state index in [1.165, 1.54) is 42.5 Å². The molecule has 4 rings (SSSR count). The van der Waals surface area contributed by atoms with Crippen LogP contribution in [0.25, 0.3) is 0 Å². The fraction of sp³-hybridized carbons (Fsp3) is 0.360. The van der Waals surface area contributed by atoms with Crippen molar-refractivity contribution in [3.05, 3.63) is 63.6 Å². The molecule has 0 aromatic heterocycles. The molecule has 2 amide bonds. The molecule has 1 atom stereocenters. The number of halogens is 2. The van der Waals surface area contributed by atoms with E-state index in [9.17, 15) is 19.2 Å². The topological polar surface area (TPSA) is 105 Å². The number of rotatable bonds is 9. The molecule has 36 heavy (non-hydrogen) atoms. The van der Waals surface area contributed by atoms with E-state index in [0.717, 1.165) is 24.5 Å². The van der Waals surface area contributed by atoms with Crippen LogP contribution in [-0.2, 0) is 19.1 Å². The van der Waals surface area contributed by atoms with Gasteiger partial charge in [-0.3, -0.25) is 19.3 Å². The van der Waals surface area contributed by atoms with Crippen molar-refractivity contribution < 1.29 is 28.7 Å². The number of anilines is 1. The third kappa shape index (κ3) is 6.29. The molecule has 2 aliphatic heterocycles. The van der Waals surface area contributed by atoms with Crippen LogP contribution in [0, 0.1) is 0 Å². The molecule has 0 spiro atoms. The molecule has 2 fully saturated rings. The third-order valence-electron chi connectivity index (χ3n) is 6.00. The third-order valence-corrected chi connectivity index (χ3v) is 6.54. The molecule has 11 heteroatoms. The minimum atomic E-state index is -0.721. The Morgan fingerprint density at radius 3 is 2.47 bits per heavy atom. The van der Waals surface area contributed by atoms with Gasteiger partial charge in [-0.25, -0.2) is 9.69 Å². The summed E-state index contributed by atoms with van der Waals surface area (Å²) in [6, 6.07) is 9.71. The van der Waals surface area contributed by atoms with Crippen molar-refractivity contribution in [2.75, 3.05) is 50.9 Å². The number of hydrogen-bond acceptors (Lipinski definition) is 8. The lowest BCUT2D eigenvalue weighted by molar-refractivity contribution is -0.121. The van der Waals surface area contributed by atoms with Gasteiger partial charge in [-0.1, -0.05) is 23.2 Å². The molecular formula is C25H25Cl2N3O6. The number of ether oxygens (including phenoxy) is 2. The maximum atomic E-state index is 12.8. The first-order valence-corrected chi connectivity index (χ1v) is 12.2. The molecule has 0 bridgehead atoms. The fourth-order valence-electron chi connectivity index (χ4n) is 4.04. The Balaban J connectivity index is 1.30. The first-order chi connectivity index (χ1) is 17.3. The lowest BCUT2D eigenvalue weighted by Crippen LogP contribution is -2.44. The quantitative estimate of drug-likeness (QED) is 0.298. The van der Waals surface area contributed by atoms with E-state index in [4.69, 9.17) is 32.7 Å². The van der Waals surface area contributed by atoms with Crippen LogP contribution < -0.4 is 10.2 Å². The maximum absolute atomic E-state index is 12.8. The predicted octanol–water partition coefficient (Wildman–Crippen LogP) is 2.59. The monoisotopic (exact) mass is 533 g/mol. The Bertz CT molecular complexity index is 1150. The van der Waals surface area contributed by atoms with Crippen LogP contribution in [0.2, 0.25) is 10.0 Å². The first kappa shape index (κ1) is 26.2. The molecule has 2 saturated heterocycles. The van der Waals surface area contributed by atoms with Gasteiger partial charge in [0.1, 0.15) is 0 Å². The summed E-state index contributed by atoms with van der Waals surface area (Å²) in [6.07, 6.45) is 0.0705. The molecule has 9 nitrogen and oxygen atoms in total. The fourth-order valence-corrected chi connectivity index (χ4v) is 4.55. The van der Waals surface area contributed by atoms with Crippen LogP contribution in [0.5, 0.6) is 0 Å². The number of Topliss-reactive ketones (excluding diaryl/α,β-unsaturated/α-hetero) is 1. The highest BCUT2D eigenvalue weighted by Crippen LogP contribution is 2.24. The molecule has 2 aromatic carbocycles. The zero-order chi connectivity index (χ0) is 25.7. The standard InChI is InChI=1S/C25H25Cl2N3O6/c26-17-3-6-19(20(27)13-17)22(31)15-36-25(34)16-1-4-18(5-2-16)30-23(32)14-21(24(30)33)28-7-8-29-9-11-35-12-10-29/h1-6,13,21,28H,7-12,14-15H2. The number of esters is 1. The predicted molar refractivity (Wildman–Crippen MR) is 134 cm³/mol. The number of carbonyl (C=O) groups excluding carboxylic acids is 4. The molecule has 1 N–H and O–H groups in total. The van der Waals surface area contributed by atoms with E-state index < -0.39 is 24.4 Å². The average Bonchev–Trinajstić information content (AvgIpc) is 3.15. The number of nitrogens with one attached hydrogen (secondary N) is 1. The van der Waals surface area contributed by atoms with Gasteiger partial charge < -0.3 is 14.8 Å². The molecule has 2 heterocycles. The average molecular weight is 534 g/mol. The van der Waals surface area contributed by atoms with Crippen LogP contribution in [0.4, 0.5) is 5.69 Å². The highest BCUT2D eigenvalue weighted by Gasteiger charge is 2.39. The summed E-state index contributed by atoms with van der Waals surface area (Å²) in [5.74, 6) is -1.84. The molecule has 2 aliphatic rings. The van der Waals surface area contributed by atoms with E-state index in [0.29, 0.717) is 30.5 Å². The molecule has 0 radical (unpaired) electrons. The van der Waals surface area contributed by atoms with Crippen LogP contribution in [0.15, 0.2) is 42.5 Å². The molecular weight excluding hydrogens is 509 g/mol. The number of carbonyl (C=O) groups is 4. The van der Waals surface area contributed by atoms with Crippen molar-refractivity contribution in [2.45, 2.75) is 12.5 Å². The first-order valence-electron chi connectivity index (χ1n) is 11.5. The minimum absolute atomic E-state index is 0.0705. The minimum Gasteiger partial charge on any atom is -0.454 e. The summed E-state index contributed by atoms with van der Waals surface area (Å²) in [6.45, 7) is 3.96. The summed E-state index contributed by atoms with van der Waals surface area (Å²) in [7, 11) is 0. The molecule has 2 aromatic rings. The van der Waals surface area contributed by atoms with Gasteiger partial charge in [0, 0.05) is 36.8 Å². The van der Waals surface area contributed by atoms with Gasteiger partial charge in [0.15, 0.2) is 6.61 Å². The lowest BCUT2D eigenvalue weighted by Gasteiger charge is -2.27. The highest BCUT2D eigenvalue weighted by molar-refractivity contribution is 6.36. The summed E-state index contributed by atoms with van der Waals surface area (Å²) in [5.41, 5.74) is 0.736. The van der Waals surface area contributed by atoms with Gasteiger partial charge >= 0.3 is 5.97 Å². The lowest BCUT2D eigenvalue weighted by atomic mass is 10.1.